The maximum Gasteiger partial charge on any atom is 0.242 e. The topological polar surface area (TPSA) is 115 Å². The molecule has 0 unspecified atom stereocenters. The molecule has 2 aromatic rings. The fourth-order valence-electron chi connectivity index (χ4n) is 1.20. The Morgan fingerprint density at radius 2 is 2.28 bits per heavy atom. The van der Waals surface area contributed by atoms with E-state index in [1.54, 1.807) is 23.3 Å². The highest BCUT2D eigenvalue weighted by molar-refractivity contribution is 7.99. The predicted molar refractivity (Wildman–Crippen MR) is 67.2 cm³/mol. The number of rotatable bonds is 6. The molecule has 0 bridgehead atoms. The van der Waals surface area contributed by atoms with Crippen LogP contribution in [0.15, 0.2) is 23.9 Å². The number of aliphatic hydroxyl groups is 1. The number of hydrogen-bond donors (Lipinski definition) is 3. The molecule has 0 amide bonds. The van der Waals surface area contributed by atoms with Gasteiger partial charge in [0, 0.05) is 24.8 Å². The number of nitrogens with two attached hydrogens (primary N) is 1. The van der Waals surface area contributed by atoms with Gasteiger partial charge in [-0.05, 0) is 6.42 Å². The van der Waals surface area contributed by atoms with Gasteiger partial charge in [0.25, 0.3) is 0 Å². The van der Waals surface area contributed by atoms with E-state index in [1.807, 2.05) is 0 Å². The lowest BCUT2D eigenvalue weighted by atomic mass is 10.5. The quantitative estimate of drug-likeness (QED) is 0.286. The number of thioether (sulfide) groups is 1. The summed E-state index contributed by atoms with van der Waals surface area (Å²) in [6.07, 6.45) is 5.65. The zero-order valence-corrected chi connectivity index (χ0v) is 10.3. The molecule has 2 aromatic heterocycles. The predicted octanol–water partition coefficient (Wildman–Crippen LogP) is -0.183. The van der Waals surface area contributed by atoms with Crippen LogP contribution in [0, 0.1) is 0 Å². The Morgan fingerprint density at radius 1 is 1.39 bits per heavy atom. The molecule has 2 heterocycles. The summed E-state index contributed by atoms with van der Waals surface area (Å²) in [7, 11) is 0. The van der Waals surface area contributed by atoms with Gasteiger partial charge >= 0.3 is 0 Å². The second-order valence-corrected chi connectivity index (χ2v) is 4.34. The number of anilines is 1. The van der Waals surface area contributed by atoms with Crippen molar-refractivity contribution < 1.29 is 5.11 Å². The molecule has 0 aliphatic rings. The first-order valence-corrected chi connectivity index (χ1v) is 6.26. The lowest BCUT2D eigenvalue weighted by molar-refractivity contribution is 0.296. The highest BCUT2D eigenvalue weighted by atomic mass is 32.2. The van der Waals surface area contributed by atoms with Gasteiger partial charge in [0.2, 0.25) is 11.9 Å². The van der Waals surface area contributed by atoms with E-state index in [9.17, 15) is 0 Å². The van der Waals surface area contributed by atoms with Gasteiger partial charge in [0.15, 0.2) is 5.16 Å². The lowest BCUT2D eigenvalue weighted by Gasteiger charge is -2.06. The van der Waals surface area contributed by atoms with Crippen molar-refractivity contribution >= 4 is 17.7 Å². The second kappa shape index (κ2) is 6.28. The number of nitrogens with one attached hydrogen (secondary N) is 1. The van der Waals surface area contributed by atoms with Crippen LogP contribution in [-0.4, -0.2) is 42.0 Å². The minimum atomic E-state index is 0.147. The molecule has 18 heavy (non-hydrogen) atoms. The Balaban J connectivity index is 2.22. The molecule has 0 aliphatic carbocycles. The Hall–Kier alpha value is -1.71. The van der Waals surface area contributed by atoms with Gasteiger partial charge < -0.3 is 5.11 Å². The first kappa shape index (κ1) is 12.7. The summed E-state index contributed by atoms with van der Waals surface area (Å²) in [5.74, 6) is 6.79. The number of hydrogen-bond acceptors (Lipinski definition) is 8. The van der Waals surface area contributed by atoms with E-state index < -0.39 is 0 Å². The van der Waals surface area contributed by atoms with Crippen molar-refractivity contribution in [1.29, 1.82) is 0 Å². The summed E-state index contributed by atoms with van der Waals surface area (Å²) in [6, 6.07) is 0. The molecule has 0 saturated carbocycles. The third kappa shape index (κ3) is 3.15. The van der Waals surface area contributed by atoms with Crippen LogP contribution in [0.25, 0.3) is 5.95 Å². The molecule has 0 radical (unpaired) electrons. The summed E-state index contributed by atoms with van der Waals surface area (Å²) in [4.78, 5) is 16.5. The van der Waals surface area contributed by atoms with Gasteiger partial charge in [0.1, 0.15) is 6.33 Å². The van der Waals surface area contributed by atoms with Crippen molar-refractivity contribution in [2.24, 2.45) is 5.84 Å². The van der Waals surface area contributed by atoms with E-state index in [0.29, 0.717) is 23.5 Å². The number of hydrazine groups is 1. The average Bonchev–Trinajstić information content (AvgIpc) is 2.92. The Morgan fingerprint density at radius 3 is 2.94 bits per heavy atom. The summed E-state index contributed by atoms with van der Waals surface area (Å²) in [5, 5.41) is 9.29. The highest BCUT2D eigenvalue weighted by Gasteiger charge is 2.07. The zero-order chi connectivity index (χ0) is 12.8. The number of imidazole rings is 1. The van der Waals surface area contributed by atoms with Crippen molar-refractivity contribution in [2.45, 2.75) is 11.6 Å². The molecular weight excluding hydrogens is 254 g/mol. The fraction of sp³-hybridized carbons (Fsp3) is 0.333. The van der Waals surface area contributed by atoms with Crippen molar-refractivity contribution in [2.75, 3.05) is 17.8 Å². The molecule has 2 rings (SSSR count). The second-order valence-electron chi connectivity index (χ2n) is 3.28. The first-order chi connectivity index (χ1) is 8.83. The van der Waals surface area contributed by atoms with Crippen LogP contribution in [0.1, 0.15) is 6.42 Å². The molecule has 9 heteroatoms. The van der Waals surface area contributed by atoms with Crippen LogP contribution in [0.4, 0.5) is 5.95 Å². The molecular formula is C9H13N7OS. The summed E-state index contributed by atoms with van der Waals surface area (Å²) in [5.41, 5.74) is 2.40. The summed E-state index contributed by atoms with van der Waals surface area (Å²) >= 11 is 1.43. The van der Waals surface area contributed by atoms with Crippen molar-refractivity contribution in [3.05, 3.63) is 18.7 Å². The fourth-order valence-corrected chi connectivity index (χ4v) is 1.95. The van der Waals surface area contributed by atoms with Crippen LogP contribution < -0.4 is 11.3 Å². The molecule has 0 fully saturated rings. The van der Waals surface area contributed by atoms with E-state index >= 15 is 0 Å². The molecule has 8 nitrogen and oxygen atoms in total. The standard InChI is InChI=1S/C9H13N7OS/c10-15-7-12-8(16-3-2-11-6-16)14-9(13-7)18-5-1-4-17/h2-3,6,17H,1,4-5,10H2,(H,12,13,14,15). The Labute approximate surface area is 108 Å². The molecule has 0 aliphatic heterocycles. The third-order valence-corrected chi connectivity index (χ3v) is 2.93. The number of nitrogen functional groups attached to an aromatic ring is 1. The summed E-state index contributed by atoms with van der Waals surface area (Å²) < 4.78 is 1.67. The van der Waals surface area contributed by atoms with Crippen molar-refractivity contribution in [3.63, 3.8) is 0 Å². The van der Waals surface area contributed by atoms with Crippen molar-refractivity contribution in [1.82, 2.24) is 24.5 Å². The molecule has 0 saturated heterocycles. The average molecular weight is 267 g/mol. The van der Waals surface area contributed by atoms with E-state index in [4.69, 9.17) is 10.9 Å². The number of aliphatic hydroxyl groups excluding tert-OH is 1. The molecule has 0 atom stereocenters. The smallest absolute Gasteiger partial charge is 0.242 e. The SMILES string of the molecule is NNc1nc(SCCCO)nc(-n2ccnc2)n1. The monoisotopic (exact) mass is 267 g/mol. The van der Waals surface area contributed by atoms with Crippen LogP contribution in [0.5, 0.6) is 0 Å². The van der Waals surface area contributed by atoms with E-state index in [-0.39, 0.29) is 6.61 Å². The van der Waals surface area contributed by atoms with Crippen LogP contribution in [-0.2, 0) is 0 Å². The molecule has 0 aromatic carbocycles. The lowest BCUT2D eigenvalue weighted by Crippen LogP contribution is -2.13. The minimum absolute atomic E-state index is 0.147. The van der Waals surface area contributed by atoms with E-state index in [1.165, 1.54) is 11.8 Å². The van der Waals surface area contributed by atoms with Gasteiger partial charge in [-0.25, -0.2) is 10.8 Å². The van der Waals surface area contributed by atoms with Crippen LogP contribution in [0.2, 0.25) is 0 Å². The Bertz CT molecular complexity index is 490. The molecule has 0 spiro atoms. The third-order valence-electron chi connectivity index (χ3n) is 2.00. The first-order valence-electron chi connectivity index (χ1n) is 5.28. The van der Waals surface area contributed by atoms with E-state index in [0.717, 1.165) is 5.75 Å². The normalized spacial score (nSPS) is 10.6. The van der Waals surface area contributed by atoms with Crippen molar-refractivity contribution in [3.8, 4) is 5.95 Å². The molecule has 4 N–H and O–H groups in total. The van der Waals surface area contributed by atoms with Gasteiger partial charge in [0.05, 0.1) is 0 Å². The van der Waals surface area contributed by atoms with E-state index in [2.05, 4.69) is 25.4 Å². The molecule has 96 valence electrons. The zero-order valence-electron chi connectivity index (χ0n) is 9.52. The minimum Gasteiger partial charge on any atom is -0.396 e. The van der Waals surface area contributed by atoms with Crippen LogP contribution in [0.3, 0.4) is 0 Å². The summed E-state index contributed by atoms with van der Waals surface area (Å²) in [6.45, 7) is 0.147. The van der Waals surface area contributed by atoms with Gasteiger partial charge in [-0.2, -0.15) is 15.0 Å². The Kier molecular flexibility index (Phi) is 4.45. The maximum absolute atomic E-state index is 8.74. The van der Waals surface area contributed by atoms with Crippen LogP contribution >= 0.6 is 11.8 Å². The number of nitrogens with zero attached hydrogens (tertiary/aromatic N) is 5. The maximum atomic E-state index is 8.74. The number of aromatic nitrogens is 5. The van der Waals surface area contributed by atoms with Gasteiger partial charge in [-0.1, -0.05) is 11.8 Å². The van der Waals surface area contributed by atoms with Gasteiger partial charge in [-0.15, -0.1) is 0 Å². The largest absolute Gasteiger partial charge is 0.396 e. The van der Waals surface area contributed by atoms with Gasteiger partial charge in [-0.3, -0.25) is 9.99 Å². The highest BCUT2D eigenvalue weighted by Crippen LogP contribution is 2.16.